The van der Waals surface area contributed by atoms with Crippen molar-refractivity contribution < 1.29 is 9.90 Å². The summed E-state index contributed by atoms with van der Waals surface area (Å²) in [5.41, 5.74) is 3.21. The molecule has 0 atom stereocenters. The number of nitrogens with one attached hydrogen (secondary N) is 1. The van der Waals surface area contributed by atoms with Crippen LogP contribution in [0.2, 0.25) is 0 Å². The van der Waals surface area contributed by atoms with E-state index in [-0.39, 0.29) is 6.42 Å². The van der Waals surface area contributed by atoms with Crippen LogP contribution in [0, 0.1) is 13.8 Å². The summed E-state index contributed by atoms with van der Waals surface area (Å²) < 4.78 is 1.58. The lowest BCUT2D eigenvalue weighted by Crippen LogP contribution is -2.10. The summed E-state index contributed by atoms with van der Waals surface area (Å²) in [6.45, 7) is 4.23. The highest BCUT2D eigenvalue weighted by molar-refractivity contribution is 5.71. The monoisotopic (exact) mass is 311 g/mol. The molecule has 0 spiro atoms. The van der Waals surface area contributed by atoms with Crippen LogP contribution in [0.25, 0.3) is 5.78 Å². The zero-order chi connectivity index (χ0) is 16.4. The molecular weight excluding hydrogens is 294 g/mol. The van der Waals surface area contributed by atoms with E-state index in [1.807, 2.05) is 37.3 Å². The van der Waals surface area contributed by atoms with Gasteiger partial charge in [0.05, 0.1) is 6.42 Å². The van der Waals surface area contributed by atoms with Gasteiger partial charge in [0, 0.05) is 23.5 Å². The molecule has 0 aliphatic rings. The Balaban J connectivity index is 1.89. The van der Waals surface area contributed by atoms with E-state index in [1.165, 1.54) is 0 Å². The largest absolute Gasteiger partial charge is 0.481 e. The molecule has 7 nitrogen and oxygen atoms in total. The van der Waals surface area contributed by atoms with Crippen LogP contribution in [0.5, 0.6) is 0 Å². The summed E-state index contributed by atoms with van der Waals surface area (Å²) in [7, 11) is 0. The fourth-order valence-corrected chi connectivity index (χ4v) is 2.47. The zero-order valence-electron chi connectivity index (χ0n) is 12.9. The highest BCUT2D eigenvalue weighted by Gasteiger charge is 2.15. The molecular formula is C16H17N5O2. The van der Waals surface area contributed by atoms with Gasteiger partial charge in [-0.25, -0.2) is 4.98 Å². The van der Waals surface area contributed by atoms with E-state index >= 15 is 0 Å². The van der Waals surface area contributed by atoms with Crippen LogP contribution in [0.15, 0.2) is 30.3 Å². The molecule has 2 heterocycles. The Bertz CT molecular complexity index is 858. The molecule has 2 N–H and O–H groups in total. The normalized spacial score (nSPS) is 10.9. The van der Waals surface area contributed by atoms with Gasteiger partial charge in [-0.1, -0.05) is 30.3 Å². The molecule has 0 saturated heterocycles. The predicted octanol–water partition coefficient (Wildman–Crippen LogP) is 1.98. The van der Waals surface area contributed by atoms with E-state index in [4.69, 9.17) is 5.11 Å². The Labute approximate surface area is 133 Å². The third kappa shape index (κ3) is 3.13. The molecule has 0 bridgehead atoms. The van der Waals surface area contributed by atoms with Gasteiger partial charge >= 0.3 is 5.97 Å². The highest BCUT2D eigenvalue weighted by Crippen LogP contribution is 2.16. The predicted molar refractivity (Wildman–Crippen MR) is 85.4 cm³/mol. The van der Waals surface area contributed by atoms with Crippen molar-refractivity contribution in [2.75, 3.05) is 5.32 Å². The maximum Gasteiger partial charge on any atom is 0.307 e. The average molecular weight is 311 g/mol. The molecule has 0 unspecified atom stereocenters. The fourth-order valence-electron chi connectivity index (χ4n) is 2.47. The molecule has 3 aromatic rings. The van der Waals surface area contributed by atoms with Crippen LogP contribution in [0.4, 0.5) is 5.95 Å². The molecule has 0 saturated carbocycles. The number of carboxylic acid groups (broad SMARTS) is 1. The van der Waals surface area contributed by atoms with Gasteiger partial charge < -0.3 is 10.4 Å². The number of benzene rings is 1. The molecule has 0 aliphatic heterocycles. The first-order valence-corrected chi connectivity index (χ1v) is 7.27. The molecule has 23 heavy (non-hydrogen) atoms. The summed E-state index contributed by atoms with van der Waals surface area (Å²) in [4.78, 5) is 19.7. The third-order valence-electron chi connectivity index (χ3n) is 3.67. The molecule has 0 radical (unpaired) electrons. The number of carboxylic acids is 1. The van der Waals surface area contributed by atoms with Crippen LogP contribution in [0.1, 0.15) is 22.5 Å². The number of hydrogen-bond acceptors (Lipinski definition) is 5. The zero-order valence-corrected chi connectivity index (χ0v) is 12.9. The molecule has 0 aliphatic carbocycles. The molecule has 1 aromatic carbocycles. The van der Waals surface area contributed by atoms with Crippen molar-refractivity contribution in [1.29, 1.82) is 0 Å². The average Bonchev–Trinajstić information content (AvgIpc) is 2.93. The number of aromatic nitrogens is 4. The third-order valence-corrected chi connectivity index (χ3v) is 3.67. The van der Waals surface area contributed by atoms with E-state index in [2.05, 4.69) is 20.4 Å². The quantitative estimate of drug-likeness (QED) is 0.748. The van der Waals surface area contributed by atoms with E-state index in [0.717, 1.165) is 11.3 Å². The second kappa shape index (κ2) is 6.04. The van der Waals surface area contributed by atoms with Crippen molar-refractivity contribution in [2.24, 2.45) is 0 Å². The maximum atomic E-state index is 11.0. The van der Waals surface area contributed by atoms with Crippen molar-refractivity contribution >= 4 is 17.7 Å². The van der Waals surface area contributed by atoms with Crippen LogP contribution >= 0.6 is 0 Å². The Morgan fingerprint density at radius 2 is 1.96 bits per heavy atom. The number of aliphatic carboxylic acids is 1. The van der Waals surface area contributed by atoms with Crippen LogP contribution in [-0.2, 0) is 17.8 Å². The summed E-state index contributed by atoms with van der Waals surface area (Å²) >= 11 is 0. The number of carbonyl (C=O) groups is 1. The first kappa shape index (κ1) is 15.0. The van der Waals surface area contributed by atoms with Crippen LogP contribution < -0.4 is 5.32 Å². The fraction of sp³-hybridized carbons (Fsp3) is 0.250. The van der Waals surface area contributed by atoms with Gasteiger partial charge in [-0.15, -0.1) is 5.10 Å². The van der Waals surface area contributed by atoms with Crippen LogP contribution in [0.3, 0.4) is 0 Å². The van der Waals surface area contributed by atoms with E-state index < -0.39 is 5.97 Å². The number of hydrogen-bond donors (Lipinski definition) is 2. The van der Waals surface area contributed by atoms with Crippen molar-refractivity contribution in [3.8, 4) is 0 Å². The molecule has 7 heteroatoms. The van der Waals surface area contributed by atoms with E-state index in [1.54, 1.807) is 11.4 Å². The second-order valence-electron chi connectivity index (χ2n) is 5.32. The molecule has 3 rings (SSSR count). The SMILES string of the molecule is Cc1nc2nc(NCc3ccccc3)nn2c(C)c1CC(=O)O. The molecule has 0 fully saturated rings. The van der Waals surface area contributed by atoms with Gasteiger partial charge in [0.2, 0.25) is 5.95 Å². The van der Waals surface area contributed by atoms with Gasteiger partial charge in [-0.2, -0.15) is 9.50 Å². The first-order valence-electron chi connectivity index (χ1n) is 7.27. The van der Waals surface area contributed by atoms with Crippen molar-refractivity contribution in [2.45, 2.75) is 26.8 Å². The van der Waals surface area contributed by atoms with Crippen molar-refractivity contribution in [3.63, 3.8) is 0 Å². The topological polar surface area (TPSA) is 92.4 Å². The van der Waals surface area contributed by atoms with Gasteiger partial charge in [0.15, 0.2) is 0 Å². The highest BCUT2D eigenvalue weighted by atomic mass is 16.4. The number of aryl methyl sites for hydroxylation is 2. The molecule has 0 amide bonds. The van der Waals surface area contributed by atoms with Gasteiger partial charge in [-0.3, -0.25) is 4.79 Å². The Morgan fingerprint density at radius 3 is 2.65 bits per heavy atom. The van der Waals surface area contributed by atoms with Crippen LogP contribution in [-0.4, -0.2) is 30.7 Å². The first-order chi connectivity index (χ1) is 11.0. The van der Waals surface area contributed by atoms with Gasteiger partial charge in [-0.05, 0) is 19.4 Å². The lowest BCUT2D eigenvalue weighted by Gasteiger charge is -2.07. The number of rotatable bonds is 5. The lowest BCUT2D eigenvalue weighted by atomic mass is 10.1. The minimum Gasteiger partial charge on any atom is -0.481 e. The minimum absolute atomic E-state index is 0.0761. The molecule has 118 valence electrons. The van der Waals surface area contributed by atoms with Crippen molar-refractivity contribution in [3.05, 3.63) is 52.8 Å². The minimum atomic E-state index is -0.889. The summed E-state index contributed by atoms with van der Waals surface area (Å²) in [6, 6.07) is 9.94. The van der Waals surface area contributed by atoms with Crippen molar-refractivity contribution in [1.82, 2.24) is 19.6 Å². The number of anilines is 1. The van der Waals surface area contributed by atoms with E-state index in [9.17, 15) is 4.79 Å². The van der Waals surface area contributed by atoms with Gasteiger partial charge in [0.1, 0.15) is 0 Å². The second-order valence-corrected chi connectivity index (χ2v) is 5.32. The van der Waals surface area contributed by atoms with E-state index in [0.29, 0.717) is 29.5 Å². The summed E-state index contributed by atoms with van der Waals surface area (Å²) in [5, 5.41) is 16.6. The Morgan fingerprint density at radius 1 is 1.22 bits per heavy atom. The standard InChI is InChI=1S/C16H17N5O2/c1-10-13(8-14(22)23)11(2)21-16(18-10)19-15(20-21)17-9-12-6-4-3-5-7-12/h3-7H,8-9H2,1-2H3,(H,17,20)(H,22,23). The summed E-state index contributed by atoms with van der Waals surface area (Å²) in [6.07, 6.45) is -0.0761. The smallest absolute Gasteiger partial charge is 0.307 e. The Kier molecular flexibility index (Phi) is 3.92. The Hall–Kier alpha value is -2.96. The molecule has 2 aromatic heterocycles. The maximum absolute atomic E-state index is 11.0. The summed E-state index contributed by atoms with van der Waals surface area (Å²) in [5.74, 6) is 0.0425. The number of fused-ring (bicyclic) bond motifs is 1. The lowest BCUT2D eigenvalue weighted by molar-refractivity contribution is -0.136. The number of nitrogens with zero attached hydrogens (tertiary/aromatic N) is 4. The van der Waals surface area contributed by atoms with Gasteiger partial charge in [0.25, 0.3) is 5.78 Å².